The molecular weight excluding hydrogens is 460 g/mol. The first kappa shape index (κ1) is 22.2. The van der Waals surface area contributed by atoms with Crippen molar-refractivity contribution >= 4 is 40.2 Å². The molecule has 0 unspecified atom stereocenters. The van der Waals surface area contributed by atoms with Gasteiger partial charge in [0.1, 0.15) is 12.4 Å². The fourth-order valence-electron chi connectivity index (χ4n) is 3.43. The summed E-state index contributed by atoms with van der Waals surface area (Å²) < 4.78 is 11.6. The van der Waals surface area contributed by atoms with Crippen molar-refractivity contribution in [2.45, 2.75) is 6.61 Å². The Morgan fingerprint density at radius 2 is 1.80 bits per heavy atom. The second-order valence-corrected chi connectivity index (χ2v) is 8.04. The number of nitrogens with zero attached hydrogens (tertiary/aromatic N) is 2. The Morgan fingerprint density at radius 1 is 0.943 bits per heavy atom. The van der Waals surface area contributed by atoms with E-state index < -0.39 is 0 Å². The minimum absolute atomic E-state index is 0.169. The molecule has 0 saturated carbocycles. The van der Waals surface area contributed by atoms with Crippen LogP contribution in [0.15, 0.2) is 102 Å². The lowest BCUT2D eigenvalue weighted by atomic mass is 10.2. The summed E-state index contributed by atoms with van der Waals surface area (Å²) in [5.41, 5.74) is 4.07. The minimum Gasteiger partial charge on any atom is -0.489 e. The molecule has 8 heteroatoms. The normalized spacial score (nSPS) is 10.6. The van der Waals surface area contributed by atoms with Gasteiger partial charge in [0, 0.05) is 23.0 Å². The highest BCUT2D eigenvalue weighted by molar-refractivity contribution is 7.80. The summed E-state index contributed by atoms with van der Waals surface area (Å²) in [5.74, 6) is 0.708. The van der Waals surface area contributed by atoms with Gasteiger partial charge in [-0.3, -0.25) is 10.1 Å². The van der Waals surface area contributed by atoms with Crippen LogP contribution in [0.1, 0.15) is 15.9 Å². The van der Waals surface area contributed by atoms with Crippen LogP contribution >= 0.6 is 12.2 Å². The molecule has 172 valence electrons. The average Bonchev–Trinajstić information content (AvgIpc) is 3.33. The van der Waals surface area contributed by atoms with Gasteiger partial charge in [-0.1, -0.05) is 42.5 Å². The number of ether oxygens (including phenoxy) is 1. The number of fused-ring (bicyclic) bond motifs is 1. The van der Waals surface area contributed by atoms with Crippen molar-refractivity contribution in [3.8, 4) is 17.2 Å². The predicted octanol–water partition coefficient (Wildman–Crippen LogP) is 5.60. The lowest BCUT2D eigenvalue weighted by molar-refractivity contribution is 0.0977. The van der Waals surface area contributed by atoms with E-state index in [1.165, 1.54) is 0 Å². The Hall–Kier alpha value is -4.56. The van der Waals surface area contributed by atoms with Crippen molar-refractivity contribution in [3.05, 3.63) is 108 Å². The Morgan fingerprint density at radius 3 is 2.66 bits per heavy atom. The Bertz CT molecular complexity index is 1470. The highest BCUT2D eigenvalue weighted by Gasteiger charge is 2.12. The van der Waals surface area contributed by atoms with Gasteiger partial charge in [-0.2, -0.15) is 4.98 Å². The van der Waals surface area contributed by atoms with Crippen LogP contribution in [-0.2, 0) is 6.61 Å². The number of benzene rings is 3. The van der Waals surface area contributed by atoms with E-state index in [-0.39, 0.29) is 11.0 Å². The average molecular weight is 481 g/mol. The summed E-state index contributed by atoms with van der Waals surface area (Å²) >= 11 is 5.35. The van der Waals surface area contributed by atoms with Crippen molar-refractivity contribution in [3.63, 3.8) is 0 Å². The number of pyridine rings is 1. The Labute approximate surface area is 206 Å². The molecule has 0 spiro atoms. The lowest BCUT2D eigenvalue weighted by Crippen LogP contribution is -2.34. The van der Waals surface area contributed by atoms with Gasteiger partial charge in [-0.15, -0.1) is 0 Å². The lowest BCUT2D eigenvalue weighted by Gasteiger charge is -2.11. The number of oxazole rings is 1. The van der Waals surface area contributed by atoms with E-state index >= 15 is 0 Å². The summed E-state index contributed by atoms with van der Waals surface area (Å²) in [6, 6.07) is 27.8. The number of carbonyl (C=O) groups excluding carboxylic acids is 1. The van der Waals surface area contributed by atoms with E-state index in [9.17, 15) is 4.79 Å². The number of thiocarbonyl (C=S) groups is 1. The van der Waals surface area contributed by atoms with E-state index in [1.807, 2.05) is 66.7 Å². The Kier molecular flexibility index (Phi) is 6.45. The zero-order chi connectivity index (χ0) is 24.0. The largest absolute Gasteiger partial charge is 0.489 e. The van der Waals surface area contributed by atoms with Crippen LogP contribution < -0.4 is 15.4 Å². The molecule has 0 atom stereocenters. The maximum atomic E-state index is 12.7. The third-order valence-electron chi connectivity index (χ3n) is 5.10. The fraction of sp³-hybridized carbons (Fsp3) is 0.0370. The van der Waals surface area contributed by atoms with Crippen molar-refractivity contribution < 1.29 is 13.9 Å². The molecule has 2 heterocycles. The van der Waals surface area contributed by atoms with Gasteiger partial charge < -0.3 is 14.5 Å². The topological polar surface area (TPSA) is 89.3 Å². The van der Waals surface area contributed by atoms with Gasteiger partial charge in [0.2, 0.25) is 5.89 Å². The number of hydrogen-bond acceptors (Lipinski definition) is 6. The van der Waals surface area contributed by atoms with E-state index in [0.717, 1.165) is 11.1 Å². The van der Waals surface area contributed by atoms with E-state index in [0.29, 0.717) is 40.7 Å². The molecule has 2 aromatic heterocycles. The molecule has 0 bridgehead atoms. The van der Waals surface area contributed by atoms with Crippen LogP contribution in [-0.4, -0.2) is 21.0 Å². The quantitative estimate of drug-likeness (QED) is 0.306. The summed E-state index contributed by atoms with van der Waals surface area (Å²) in [7, 11) is 0. The summed E-state index contributed by atoms with van der Waals surface area (Å²) in [6.07, 6.45) is 1.67. The fourth-order valence-corrected chi connectivity index (χ4v) is 3.64. The van der Waals surface area contributed by atoms with Crippen LogP contribution in [0.3, 0.4) is 0 Å². The van der Waals surface area contributed by atoms with Gasteiger partial charge in [-0.25, -0.2) is 4.98 Å². The zero-order valence-corrected chi connectivity index (χ0v) is 19.3. The van der Waals surface area contributed by atoms with Gasteiger partial charge >= 0.3 is 0 Å². The molecule has 35 heavy (non-hydrogen) atoms. The van der Waals surface area contributed by atoms with Crippen molar-refractivity contribution in [2.24, 2.45) is 0 Å². The van der Waals surface area contributed by atoms with E-state index in [2.05, 4.69) is 20.6 Å². The number of nitrogens with one attached hydrogen (secondary N) is 2. The van der Waals surface area contributed by atoms with Gasteiger partial charge in [0.15, 0.2) is 16.3 Å². The minimum atomic E-state index is -0.339. The number of rotatable bonds is 6. The van der Waals surface area contributed by atoms with Crippen LogP contribution in [0.4, 0.5) is 5.69 Å². The first-order valence-electron chi connectivity index (χ1n) is 10.9. The summed E-state index contributed by atoms with van der Waals surface area (Å²) in [6.45, 7) is 0.415. The molecule has 0 fully saturated rings. The van der Waals surface area contributed by atoms with Gasteiger partial charge in [0.05, 0.1) is 0 Å². The number of amides is 1. The van der Waals surface area contributed by atoms with Crippen LogP contribution in [0, 0.1) is 0 Å². The second-order valence-electron chi connectivity index (χ2n) is 7.64. The molecule has 7 nitrogen and oxygen atoms in total. The summed E-state index contributed by atoms with van der Waals surface area (Å²) in [5, 5.41) is 5.90. The van der Waals surface area contributed by atoms with Gasteiger partial charge in [-0.05, 0) is 66.3 Å². The molecule has 2 N–H and O–H groups in total. The van der Waals surface area contributed by atoms with Gasteiger partial charge in [0.25, 0.3) is 5.91 Å². The third-order valence-corrected chi connectivity index (χ3v) is 5.31. The van der Waals surface area contributed by atoms with Crippen molar-refractivity contribution in [1.29, 1.82) is 0 Å². The molecule has 0 aliphatic heterocycles. The maximum absolute atomic E-state index is 12.7. The molecule has 0 aliphatic rings. The molecule has 5 rings (SSSR count). The SMILES string of the molecule is O=C(NC(=S)Nc1cccc(-c2nc3ncccc3o2)c1)c1cccc(OCc2ccccc2)c1. The van der Waals surface area contributed by atoms with Crippen LogP contribution in [0.5, 0.6) is 5.75 Å². The number of aromatic nitrogens is 2. The third kappa shape index (κ3) is 5.51. The number of hydrogen-bond donors (Lipinski definition) is 2. The first-order valence-corrected chi connectivity index (χ1v) is 11.3. The number of carbonyl (C=O) groups is 1. The standard InChI is InChI=1S/C27H20N4O3S/c32-25(19-9-5-12-22(16-19)33-17-18-7-2-1-3-8-18)31-27(35)29-21-11-4-10-20(15-21)26-30-24-23(34-26)13-6-14-28-24/h1-16H,17H2,(H2,29,31,32,35). The summed E-state index contributed by atoms with van der Waals surface area (Å²) in [4.78, 5) is 21.3. The molecule has 0 saturated heterocycles. The van der Waals surface area contributed by atoms with Crippen molar-refractivity contribution in [1.82, 2.24) is 15.3 Å². The molecule has 0 aliphatic carbocycles. The van der Waals surface area contributed by atoms with Crippen molar-refractivity contribution in [2.75, 3.05) is 5.32 Å². The Balaban J connectivity index is 1.22. The monoisotopic (exact) mass is 480 g/mol. The molecule has 1 amide bonds. The first-order chi connectivity index (χ1) is 17.1. The molecule has 3 aromatic carbocycles. The second kappa shape index (κ2) is 10.1. The number of anilines is 1. The predicted molar refractivity (Wildman–Crippen MR) is 138 cm³/mol. The molecule has 5 aromatic rings. The van der Waals surface area contributed by atoms with Crippen LogP contribution in [0.2, 0.25) is 0 Å². The highest BCUT2D eigenvalue weighted by Crippen LogP contribution is 2.25. The van der Waals surface area contributed by atoms with E-state index in [1.54, 1.807) is 30.5 Å². The molecule has 0 radical (unpaired) electrons. The smallest absolute Gasteiger partial charge is 0.257 e. The maximum Gasteiger partial charge on any atom is 0.257 e. The van der Waals surface area contributed by atoms with E-state index in [4.69, 9.17) is 21.4 Å². The zero-order valence-electron chi connectivity index (χ0n) is 18.5. The molecular formula is C27H20N4O3S. The van der Waals surface area contributed by atoms with Crippen LogP contribution in [0.25, 0.3) is 22.7 Å². The highest BCUT2D eigenvalue weighted by atomic mass is 32.1.